The van der Waals surface area contributed by atoms with Crippen LogP contribution in [0.25, 0.3) is 0 Å². The molecule has 2 fully saturated rings. The topological polar surface area (TPSA) is 62.7 Å². The number of aromatic nitrogens is 1. The maximum Gasteiger partial charge on any atom is 0.266 e. The van der Waals surface area contributed by atoms with Crippen LogP contribution >= 0.6 is 0 Å². The summed E-state index contributed by atoms with van der Waals surface area (Å²) in [7, 11) is 0. The lowest BCUT2D eigenvalue weighted by Gasteiger charge is -2.28. The summed E-state index contributed by atoms with van der Waals surface area (Å²) in [6.45, 7) is 0. The normalized spacial score (nSPS) is 23.6. The summed E-state index contributed by atoms with van der Waals surface area (Å²) in [5.74, 6) is -2.01. The van der Waals surface area contributed by atoms with Crippen LogP contribution in [0.1, 0.15) is 11.6 Å². The zero-order chi connectivity index (χ0) is 20.0. The van der Waals surface area contributed by atoms with Gasteiger partial charge >= 0.3 is 0 Å². The highest BCUT2D eigenvalue weighted by Crippen LogP contribution is 2.47. The first-order chi connectivity index (χ1) is 14.1. The van der Waals surface area contributed by atoms with Gasteiger partial charge in [0.05, 0.1) is 17.4 Å². The predicted molar refractivity (Wildman–Crippen MR) is 103 cm³/mol. The SMILES string of the molecule is O=C1[C@@H]2[C@@H](c3cccnc3)N(c3ccccc3)O[C@H]2C(=O)N1c1ccc(F)cc1. The molecule has 2 aliphatic heterocycles. The second kappa shape index (κ2) is 6.79. The maximum atomic E-state index is 13.3. The summed E-state index contributed by atoms with van der Waals surface area (Å²) >= 11 is 0. The highest BCUT2D eigenvalue weighted by molar-refractivity contribution is 6.23. The smallest absolute Gasteiger partial charge is 0.266 e. The number of hydroxylamine groups is 1. The van der Waals surface area contributed by atoms with E-state index in [0.29, 0.717) is 5.69 Å². The zero-order valence-electron chi connectivity index (χ0n) is 15.2. The van der Waals surface area contributed by atoms with E-state index in [-0.39, 0.29) is 5.91 Å². The van der Waals surface area contributed by atoms with E-state index in [2.05, 4.69) is 4.98 Å². The molecule has 3 aromatic rings. The number of para-hydroxylation sites is 1. The molecule has 3 heterocycles. The molecule has 0 N–H and O–H groups in total. The van der Waals surface area contributed by atoms with Crippen LogP contribution in [0.15, 0.2) is 79.1 Å². The van der Waals surface area contributed by atoms with Crippen molar-refractivity contribution >= 4 is 23.2 Å². The molecule has 7 heteroatoms. The molecule has 29 heavy (non-hydrogen) atoms. The molecule has 3 atom stereocenters. The molecule has 2 amide bonds. The van der Waals surface area contributed by atoms with Crippen LogP contribution < -0.4 is 9.96 Å². The molecule has 2 saturated heterocycles. The molecular weight excluding hydrogens is 373 g/mol. The summed E-state index contributed by atoms with van der Waals surface area (Å²) in [6.07, 6.45) is 2.36. The van der Waals surface area contributed by atoms with Gasteiger partial charge in [0.15, 0.2) is 6.10 Å². The molecule has 5 rings (SSSR count). The number of pyridine rings is 1. The first kappa shape index (κ1) is 17.5. The highest BCUT2D eigenvalue weighted by Gasteiger charge is 2.60. The van der Waals surface area contributed by atoms with Crippen molar-refractivity contribution in [3.05, 3.63) is 90.5 Å². The number of carbonyl (C=O) groups excluding carboxylic acids is 2. The zero-order valence-corrected chi connectivity index (χ0v) is 15.2. The summed E-state index contributed by atoms with van der Waals surface area (Å²) in [6, 6.07) is 17.7. The van der Waals surface area contributed by atoms with E-state index in [1.54, 1.807) is 23.5 Å². The van der Waals surface area contributed by atoms with Gasteiger partial charge in [-0.05, 0) is 48.0 Å². The van der Waals surface area contributed by atoms with Gasteiger partial charge in [0.25, 0.3) is 5.91 Å². The van der Waals surface area contributed by atoms with E-state index in [9.17, 15) is 14.0 Å². The van der Waals surface area contributed by atoms with Gasteiger partial charge in [-0.25, -0.2) is 14.4 Å². The van der Waals surface area contributed by atoms with E-state index < -0.39 is 29.8 Å². The molecule has 0 saturated carbocycles. The van der Waals surface area contributed by atoms with Crippen LogP contribution in [0.4, 0.5) is 15.8 Å². The van der Waals surface area contributed by atoms with Crippen molar-refractivity contribution in [2.45, 2.75) is 12.1 Å². The lowest BCUT2D eigenvalue weighted by Crippen LogP contribution is -2.37. The third-order valence-electron chi connectivity index (χ3n) is 5.24. The molecule has 0 aliphatic carbocycles. The van der Waals surface area contributed by atoms with Gasteiger partial charge in [-0.3, -0.25) is 19.4 Å². The molecule has 0 unspecified atom stereocenters. The summed E-state index contributed by atoms with van der Waals surface area (Å²) in [5, 5.41) is 1.62. The predicted octanol–water partition coefficient (Wildman–Crippen LogP) is 3.27. The van der Waals surface area contributed by atoms with Crippen molar-refractivity contribution in [2.75, 3.05) is 9.96 Å². The number of anilines is 2. The van der Waals surface area contributed by atoms with Crippen molar-refractivity contribution < 1.29 is 18.8 Å². The Balaban J connectivity index is 1.58. The van der Waals surface area contributed by atoms with Gasteiger partial charge in [-0.15, -0.1) is 0 Å². The fourth-order valence-corrected chi connectivity index (χ4v) is 3.95. The van der Waals surface area contributed by atoms with Crippen LogP contribution in [0.5, 0.6) is 0 Å². The molecule has 1 aromatic heterocycles. The Morgan fingerprint density at radius 1 is 0.862 bits per heavy atom. The molecule has 2 aromatic carbocycles. The van der Waals surface area contributed by atoms with Crippen LogP contribution in [-0.2, 0) is 14.4 Å². The Morgan fingerprint density at radius 3 is 2.31 bits per heavy atom. The van der Waals surface area contributed by atoms with Gasteiger partial charge in [-0.2, -0.15) is 0 Å². The fraction of sp³-hybridized carbons (Fsp3) is 0.136. The molecule has 0 radical (unpaired) electrons. The Hall–Kier alpha value is -3.58. The van der Waals surface area contributed by atoms with Crippen LogP contribution in [0, 0.1) is 11.7 Å². The minimum atomic E-state index is -0.960. The average Bonchev–Trinajstić information content (AvgIpc) is 3.27. The van der Waals surface area contributed by atoms with Crippen molar-refractivity contribution in [2.24, 2.45) is 5.92 Å². The average molecular weight is 389 g/mol. The van der Waals surface area contributed by atoms with Crippen molar-refractivity contribution in [3.8, 4) is 0 Å². The van der Waals surface area contributed by atoms with E-state index in [4.69, 9.17) is 4.84 Å². The third-order valence-corrected chi connectivity index (χ3v) is 5.24. The number of rotatable bonds is 3. The first-order valence-electron chi connectivity index (χ1n) is 9.19. The second-order valence-corrected chi connectivity index (χ2v) is 6.93. The number of imide groups is 1. The van der Waals surface area contributed by atoms with Crippen molar-refractivity contribution in [1.29, 1.82) is 0 Å². The molecule has 6 nitrogen and oxygen atoms in total. The second-order valence-electron chi connectivity index (χ2n) is 6.93. The maximum absolute atomic E-state index is 13.3. The Morgan fingerprint density at radius 2 is 1.62 bits per heavy atom. The van der Waals surface area contributed by atoms with Crippen molar-refractivity contribution in [3.63, 3.8) is 0 Å². The number of benzene rings is 2. The van der Waals surface area contributed by atoms with Crippen molar-refractivity contribution in [1.82, 2.24) is 4.98 Å². The highest BCUT2D eigenvalue weighted by atomic mass is 19.1. The number of carbonyl (C=O) groups is 2. The van der Waals surface area contributed by atoms with E-state index in [1.165, 1.54) is 24.3 Å². The summed E-state index contributed by atoms with van der Waals surface area (Å²) in [5.41, 5.74) is 1.84. The standard InChI is InChI=1S/C22H16FN3O3/c23-15-8-10-16(11-9-15)25-21(27)18-19(14-5-4-12-24-13-14)26(29-20(18)22(25)28)17-6-2-1-3-7-17/h1-13,18-20H/t18-,19-,20-/m1/s1. The molecule has 0 bridgehead atoms. The van der Waals surface area contributed by atoms with E-state index >= 15 is 0 Å². The monoisotopic (exact) mass is 389 g/mol. The Labute approximate surface area is 166 Å². The van der Waals surface area contributed by atoms with Gasteiger partial charge < -0.3 is 0 Å². The van der Waals surface area contributed by atoms with Crippen LogP contribution in [0.3, 0.4) is 0 Å². The first-order valence-corrected chi connectivity index (χ1v) is 9.19. The van der Waals surface area contributed by atoms with Gasteiger partial charge in [0.1, 0.15) is 11.7 Å². The Bertz CT molecular complexity index is 1060. The Kier molecular flexibility index (Phi) is 4.10. The molecule has 144 valence electrons. The fourth-order valence-electron chi connectivity index (χ4n) is 3.95. The number of hydrogen-bond donors (Lipinski definition) is 0. The lowest BCUT2D eigenvalue weighted by atomic mass is 9.91. The van der Waals surface area contributed by atoms with Crippen LogP contribution in [-0.4, -0.2) is 22.9 Å². The van der Waals surface area contributed by atoms with E-state index in [1.807, 2.05) is 36.4 Å². The van der Waals surface area contributed by atoms with Crippen LogP contribution in [0.2, 0.25) is 0 Å². The number of nitrogens with zero attached hydrogens (tertiary/aromatic N) is 3. The molecular formula is C22H16FN3O3. The quantitative estimate of drug-likeness (QED) is 0.644. The number of amides is 2. The summed E-state index contributed by atoms with van der Waals surface area (Å²) in [4.78, 5) is 37.7. The number of hydrogen-bond acceptors (Lipinski definition) is 5. The largest absolute Gasteiger partial charge is 0.273 e. The van der Waals surface area contributed by atoms with Gasteiger partial charge in [0, 0.05) is 12.4 Å². The summed E-state index contributed by atoms with van der Waals surface area (Å²) < 4.78 is 13.3. The van der Waals surface area contributed by atoms with Gasteiger partial charge in [-0.1, -0.05) is 24.3 Å². The number of halogens is 1. The minimum absolute atomic E-state index is 0.329. The third kappa shape index (κ3) is 2.78. The minimum Gasteiger partial charge on any atom is -0.273 e. The lowest BCUT2D eigenvalue weighted by molar-refractivity contribution is -0.126. The van der Waals surface area contributed by atoms with E-state index in [0.717, 1.165) is 16.2 Å². The van der Waals surface area contributed by atoms with Gasteiger partial charge in [0.2, 0.25) is 5.91 Å². The number of fused-ring (bicyclic) bond motifs is 1. The molecule has 0 spiro atoms. The molecule has 2 aliphatic rings.